The Balaban J connectivity index is 1.71. The molecule has 0 aliphatic carbocycles. The molecular formula is C21H22O6. The summed E-state index contributed by atoms with van der Waals surface area (Å²) < 4.78 is 21.9. The van der Waals surface area contributed by atoms with Gasteiger partial charge in [-0.1, -0.05) is 30.3 Å². The second-order valence-corrected chi connectivity index (χ2v) is 6.20. The first-order chi connectivity index (χ1) is 13.1. The SMILES string of the molecule is CCOC(=O)C1COc2ccc(C(=O)OCc3ccccc3)c(C)c2OC1. The van der Waals surface area contributed by atoms with Gasteiger partial charge in [-0.15, -0.1) is 0 Å². The molecule has 6 heteroatoms. The fraction of sp³-hybridized carbons (Fsp3) is 0.333. The fourth-order valence-electron chi connectivity index (χ4n) is 2.80. The Hall–Kier alpha value is -3.02. The largest absolute Gasteiger partial charge is 0.489 e. The summed E-state index contributed by atoms with van der Waals surface area (Å²) in [5.41, 5.74) is 1.94. The van der Waals surface area contributed by atoms with E-state index in [1.165, 1.54) is 0 Å². The number of hydrogen-bond donors (Lipinski definition) is 0. The zero-order valence-corrected chi connectivity index (χ0v) is 15.4. The first kappa shape index (κ1) is 18.8. The van der Waals surface area contributed by atoms with Crippen molar-refractivity contribution in [3.63, 3.8) is 0 Å². The number of ether oxygens (including phenoxy) is 4. The van der Waals surface area contributed by atoms with Gasteiger partial charge in [0.1, 0.15) is 25.7 Å². The lowest BCUT2D eigenvalue weighted by Gasteiger charge is -2.13. The van der Waals surface area contributed by atoms with Crippen LogP contribution < -0.4 is 9.47 Å². The first-order valence-corrected chi connectivity index (χ1v) is 8.87. The van der Waals surface area contributed by atoms with Crippen LogP contribution in [0.5, 0.6) is 11.5 Å². The van der Waals surface area contributed by atoms with Gasteiger partial charge in [-0.3, -0.25) is 4.79 Å². The van der Waals surface area contributed by atoms with E-state index in [-0.39, 0.29) is 25.8 Å². The summed E-state index contributed by atoms with van der Waals surface area (Å²) >= 11 is 0. The van der Waals surface area contributed by atoms with Crippen LogP contribution in [-0.4, -0.2) is 31.8 Å². The molecule has 0 saturated carbocycles. The van der Waals surface area contributed by atoms with Gasteiger partial charge in [-0.25, -0.2) is 4.79 Å². The van der Waals surface area contributed by atoms with E-state index >= 15 is 0 Å². The smallest absolute Gasteiger partial charge is 0.338 e. The van der Waals surface area contributed by atoms with Crippen molar-refractivity contribution < 1.29 is 28.5 Å². The minimum absolute atomic E-state index is 0.134. The minimum Gasteiger partial charge on any atom is -0.489 e. The number of hydrogen-bond acceptors (Lipinski definition) is 6. The molecule has 6 nitrogen and oxygen atoms in total. The second-order valence-electron chi connectivity index (χ2n) is 6.20. The molecule has 0 radical (unpaired) electrons. The normalized spacial score (nSPS) is 15.6. The Bertz CT molecular complexity index is 815. The number of rotatable bonds is 5. The molecule has 142 valence electrons. The molecule has 0 amide bonds. The van der Waals surface area contributed by atoms with E-state index < -0.39 is 11.9 Å². The molecular weight excluding hydrogens is 348 g/mol. The molecule has 3 rings (SSSR count). The standard InChI is InChI=1S/C21H22O6/c1-3-24-20(22)16-12-25-18-10-9-17(14(2)19(18)26-13-16)21(23)27-11-15-7-5-4-6-8-15/h4-10,16H,3,11-13H2,1-2H3. The quantitative estimate of drug-likeness (QED) is 0.752. The highest BCUT2D eigenvalue weighted by Crippen LogP contribution is 2.36. The summed E-state index contributed by atoms with van der Waals surface area (Å²) in [6, 6.07) is 12.8. The third kappa shape index (κ3) is 4.39. The van der Waals surface area contributed by atoms with Crippen LogP contribution in [0.3, 0.4) is 0 Å². The van der Waals surface area contributed by atoms with E-state index in [2.05, 4.69) is 0 Å². The predicted molar refractivity (Wildman–Crippen MR) is 97.9 cm³/mol. The van der Waals surface area contributed by atoms with Gasteiger partial charge in [0, 0.05) is 5.56 Å². The summed E-state index contributed by atoms with van der Waals surface area (Å²) in [6.07, 6.45) is 0. The Morgan fingerprint density at radius 1 is 1.04 bits per heavy atom. The van der Waals surface area contributed by atoms with Crippen LogP contribution in [0.15, 0.2) is 42.5 Å². The lowest BCUT2D eigenvalue weighted by molar-refractivity contribution is -0.149. The van der Waals surface area contributed by atoms with Gasteiger partial charge < -0.3 is 18.9 Å². The van der Waals surface area contributed by atoms with Gasteiger partial charge in [0.05, 0.1) is 12.2 Å². The highest BCUT2D eigenvalue weighted by molar-refractivity contribution is 5.92. The topological polar surface area (TPSA) is 71.1 Å². The third-order valence-electron chi connectivity index (χ3n) is 4.29. The summed E-state index contributed by atoms with van der Waals surface area (Å²) in [7, 11) is 0. The molecule has 1 aliphatic heterocycles. The molecule has 27 heavy (non-hydrogen) atoms. The van der Waals surface area contributed by atoms with Gasteiger partial charge >= 0.3 is 11.9 Å². The zero-order chi connectivity index (χ0) is 19.2. The Morgan fingerprint density at radius 2 is 1.78 bits per heavy atom. The second kappa shape index (κ2) is 8.58. The average molecular weight is 370 g/mol. The van der Waals surface area contributed by atoms with Crippen molar-refractivity contribution in [1.29, 1.82) is 0 Å². The van der Waals surface area contributed by atoms with Gasteiger partial charge in [-0.05, 0) is 31.5 Å². The van der Waals surface area contributed by atoms with Gasteiger partial charge in [0.25, 0.3) is 0 Å². The van der Waals surface area contributed by atoms with Crippen molar-refractivity contribution in [3.05, 3.63) is 59.2 Å². The van der Waals surface area contributed by atoms with Crippen LogP contribution in [0.2, 0.25) is 0 Å². The molecule has 2 aromatic carbocycles. The molecule has 1 heterocycles. The van der Waals surface area contributed by atoms with Crippen LogP contribution in [-0.2, 0) is 20.9 Å². The Kier molecular flexibility index (Phi) is 5.96. The maximum absolute atomic E-state index is 12.5. The monoisotopic (exact) mass is 370 g/mol. The molecule has 0 saturated heterocycles. The fourth-order valence-corrected chi connectivity index (χ4v) is 2.80. The molecule has 1 aliphatic rings. The Labute approximate surface area is 158 Å². The van der Waals surface area contributed by atoms with E-state index in [0.717, 1.165) is 5.56 Å². The molecule has 0 bridgehead atoms. The molecule has 1 atom stereocenters. The average Bonchev–Trinajstić information content (AvgIpc) is 2.91. The lowest BCUT2D eigenvalue weighted by Crippen LogP contribution is -2.28. The van der Waals surface area contributed by atoms with Crippen LogP contribution >= 0.6 is 0 Å². The molecule has 0 fully saturated rings. The lowest BCUT2D eigenvalue weighted by atomic mass is 10.1. The Morgan fingerprint density at radius 3 is 2.52 bits per heavy atom. The van der Waals surface area contributed by atoms with Crippen LogP contribution in [0.1, 0.15) is 28.4 Å². The zero-order valence-electron chi connectivity index (χ0n) is 15.4. The van der Waals surface area contributed by atoms with E-state index in [1.54, 1.807) is 26.0 Å². The number of fused-ring (bicyclic) bond motifs is 1. The van der Waals surface area contributed by atoms with Crippen LogP contribution in [0.25, 0.3) is 0 Å². The van der Waals surface area contributed by atoms with Crippen LogP contribution in [0, 0.1) is 12.8 Å². The first-order valence-electron chi connectivity index (χ1n) is 8.87. The van der Waals surface area contributed by atoms with E-state index in [9.17, 15) is 9.59 Å². The summed E-state index contributed by atoms with van der Waals surface area (Å²) in [5.74, 6) is -0.348. The number of benzene rings is 2. The maximum atomic E-state index is 12.5. The minimum atomic E-state index is -0.509. The number of esters is 2. The van der Waals surface area contributed by atoms with Gasteiger partial charge in [0.2, 0.25) is 0 Å². The van der Waals surface area contributed by atoms with Crippen molar-refractivity contribution in [2.75, 3.05) is 19.8 Å². The van der Waals surface area contributed by atoms with Crippen LogP contribution in [0.4, 0.5) is 0 Å². The van der Waals surface area contributed by atoms with Crippen molar-refractivity contribution >= 4 is 11.9 Å². The molecule has 2 aromatic rings. The predicted octanol–water partition coefficient (Wildman–Crippen LogP) is 3.30. The summed E-state index contributed by atoms with van der Waals surface area (Å²) in [6.45, 7) is 4.32. The third-order valence-corrected chi connectivity index (χ3v) is 4.29. The molecule has 0 spiro atoms. The number of carbonyl (C=O) groups excluding carboxylic acids is 2. The molecule has 0 aromatic heterocycles. The van der Waals surface area contributed by atoms with Crippen molar-refractivity contribution in [2.45, 2.75) is 20.5 Å². The highest BCUT2D eigenvalue weighted by atomic mass is 16.6. The van der Waals surface area contributed by atoms with E-state index in [4.69, 9.17) is 18.9 Å². The van der Waals surface area contributed by atoms with E-state index in [1.807, 2.05) is 30.3 Å². The molecule has 1 unspecified atom stereocenters. The van der Waals surface area contributed by atoms with Gasteiger partial charge in [-0.2, -0.15) is 0 Å². The van der Waals surface area contributed by atoms with Crippen molar-refractivity contribution in [3.8, 4) is 11.5 Å². The number of carbonyl (C=O) groups is 2. The highest BCUT2D eigenvalue weighted by Gasteiger charge is 2.28. The summed E-state index contributed by atoms with van der Waals surface area (Å²) in [4.78, 5) is 24.4. The summed E-state index contributed by atoms with van der Waals surface area (Å²) in [5, 5.41) is 0. The van der Waals surface area contributed by atoms with Crippen molar-refractivity contribution in [1.82, 2.24) is 0 Å². The maximum Gasteiger partial charge on any atom is 0.338 e. The van der Waals surface area contributed by atoms with Crippen molar-refractivity contribution in [2.24, 2.45) is 5.92 Å². The van der Waals surface area contributed by atoms with E-state index in [0.29, 0.717) is 29.2 Å². The molecule has 0 N–H and O–H groups in total. The van der Waals surface area contributed by atoms with Gasteiger partial charge in [0.15, 0.2) is 11.5 Å².